The molecule has 6 nitrogen and oxygen atoms in total. The topological polar surface area (TPSA) is 65.1 Å². The van der Waals surface area contributed by atoms with Crippen molar-refractivity contribution in [1.82, 2.24) is 4.90 Å². The first-order valence-electron chi connectivity index (χ1n) is 11.4. The molecule has 8 heteroatoms. The molecule has 0 saturated carbocycles. The number of aryl methyl sites for hydroxylation is 2. The first kappa shape index (κ1) is 25.7. The van der Waals surface area contributed by atoms with Crippen LogP contribution in [0, 0.1) is 13.8 Å². The van der Waals surface area contributed by atoms with Crippen LogP contribution in [0.1, 0.15) is 22.3 Å². The lowest BCUT2D eigenvalue weighted by Gasteiger charge is -2.15. The molecule has 0 atom stereocenters. The molecule has 0 N–H and O–H groups in total. The Kier molecular flexibility index (Phi) is 8.23. The maximum atomic E-state index is 13.0. The van der Waals surface area contributed by atoms with Crippen molar-refractivity contribution >= 4 is 40.6 Å². The van der Waals surface area contributed by atoms with Crippen LogP contribution in [0.2, 0.25) is 5.02 Å². The molecule has 36 heavy (non-hydrogen) atoms. The van der Waals surface area contributed by atoms with Gasteiger partial charge in [0.1, 0.15) is 19.0 Å². The summed E-state index contributed by atoms with van der Waals surface area (Å²) >= 11 is 6.98. The molecule has 0 spiro atoms. The van der Waals surface area contributed by atoms with Gasteiger partial charge in [0.05, 0.1) is 18.6 Å². The summed E-state index contributed by atoms with van der Waals surface area (Å²) in [6.07, 6.45) is 1.66. The predicted molar refractivity (Wildman–Crippen MR) is 143 cm³/mol. The molecule has 1 saturated heterocycles. The van der Waals surface area contributed by atoms with Crippen LogP contribution < -0.4 is 14.2 Å². The Morgan fingerprint density at radius 3 is 2.56 bits per heavy atom. The third-order valence-electron chi connectivity index (χ3n) is 5.58. The molecule has 0 aliphatic carbocycles. The highest BCUT2D eigenvalue weighted by Crippen LogP contribution is 2.37. The summed E-state index contributed by atoms with van der Waals surface area (Å²) in [6, 6.07) is 18.7. The average Bonchev–Trinajstić information content (AvgIpc) is 3.12. The van der Waals surface area contributed by atoms with Gasteiger partial charge in [-0.25, -0.2) is 0 Å². The molecule has 1 heterocycles. The zero-order valence-corrected chi connectivity index (χ0v) is 21.8. The summed E-state index contributed by atoms with van der Waals surface area (Å²) in [5.74, 6) is 1.38. The quantitative estimate of drug-likeness (QED) is 0.292. The van der Waals surface area contributed by atoms with Crippen molar-refractivity contribution < 1.29 is 23.8 Å². The fourth-order valence-corrected chi connectivity index (χ4v) is 4.76. The van der Waals surface area contributed by atoms with Gasteiger partial charge in [-0.1, -0.05) is 48.0 Å². The Morgan fingerprint density at radius 2 is 1.78 bits per heavy atom. The van der Waals surface area contributed by atoms with E-state index in [1.165, 1.54) is 4.90 Å². The number of para-hydroxylation sites is 1. The van der Waals surface area contributed by atoms with E-state index in [0.29, 0.717) is 27.0 Å². The van der Waals surface area contributed by atoms with Crippen LogP contribution in [0.5, 0.6) is 17.2 Å². The van der Waals surface area contributed by atoms with Gasteiger partial charge >= 0.3 is 0 Å². The number of amides is 2. The largest absolute Gasteiger partial charge is 0.493 e. The van der Waals surface area contributed by atoms with Crippen LogP contribution in [0.4, 0.5) is 4.79 Å². The molecule has 1 aliphatic rings. The van der Waals surface area contributed by atoms with Crippen molar-refractivity contribution in [1.29, 1.82) is 0 Å². The molecule has 3 aromatic carbocycles. The Balaban J connectivity index is 1.48. The van der Waals surface area contributed by atoms with Gasteiger partial charge in [-0.15, -0.1) is 0 Å². The summed E-state index contributed by atoms with van der Waals surface area (Å²) in [6.45, 7) is 4.57. The molecule has 2 amide bonds. The molecular weight excluding hydrogens is 498 g/mol. The molecule has 1 aliphatic heterocycles. The molecular formula is C28H26ClNO5S. The van der Waals surface area contributed by atoms with Gasteiger partial charge in [0.15, 0.2) is 11.5 Å². The van der Waals surface area contributed by atoms with E-state index < -0.39 is 0 Å². The average molecular weight is 524 g/mol. The zero-order valence-electron chi connectivity index (χ0n) is 20.2. The standard InChI is InChI=1S/C28H26ClNO5S/c1-18-10-11-19(2)24(14-18)34-13-12-30-27(31)25(36-28(30)32)16-21-7-5-9-23(33-3)26(21)35-17-20-6-4-8-22(29)15-20/h4-11,14-16H,12-13,17H2,1-3H3/b25-16-. The fraction of sp³-hybridized carbons (Fsp3) is 0.214. The first-order valence-corrected chi connectivity index (χ1v) is 12.5. The second kappa shape index (κ2) is 11.5. The van der Waals surface area contributed by atoms with E-state index in [1.807, 2.05) is 56.3 Å². The maximum absolute atomic E-state index is 13.0. The summed E-state index contributed by atoms with van der Waals surface area (Å²) in [5.41, 5.74) is 3.60. The van der Waals surface area contributed by atoms with Crippen LogP contribution in [0.25, 0.3) is 6.08 Å². The normalized spacial score (nSPS) is 14.4. The summed E-state index contributed by atoms with van der Waals surface area (Å²) < 4.78 is 17.4. The molecule has 1 fully saturated rings. The second-order valence-electron chi connectivity index (χ2n) is 8.25. The van der Waals surface area contributed by atoms with Crippen molar-refractivity contribution in [3.63, 3.8) is 0 Å². The SMILES string of the molecule is COc1cccc(/C=C2\SC(=O)N(CCOc3cc(C)ccc3C)C2=O)c1OCc1cccc(Cl)c1. The summed E-state index contributed by atoms with van der Waals surface area (Å²) in [7, 11) is 1.55. The minimum Gasteiger partial charge on any atom is -0.493 e. The summed E-state index contributed by atoms with van der Waals surface area (Å²) in [5, 5.41) is 0.284. The molecule has 0 aromatic heterocycles. The number of carbonyl (C=O) groups is 2. The van der Waals surface area contributed by atoms with Gasteiger partial charge in [-0.05, 0) is 72.6 Å². The zero-order chi connectivity index (χ0) is 25.7. The van der Waals surface area contributed by atoms with E-state index >= 15 is 0 Å². The van der Waals surface area contributed by atoms with Gasteiger partial charge in [-0.3, -0.25) is 14.5 Å². The number of nitrogens with zero attached hydrogens (tertiary/aromatic N) is 1. The number of carbonyl (C=O) groups excluding carboxylic acids is 2. The number of thioether (sulfide) groups is 1. The highest BCUT2D eigenvalue weighted by atomic mass is 35.5. The minimum atomic E-state index is -0.363. The van der Waals surface area contributed by atoms with Gasteiger partial charge in [0, 0.05) is 10.6 Å². The highest BCUT2D eigenvalue weighted by Gasteiger charge is 2.35. The third-order valence-corrected chi connectivity index (χ3v) is 6.72. The van der Waals surface area contributed by atoms with Crippen molar-refractivity contribution in [2.24, 2.45) is 0 Å². The number of hydrogen-bond acceptors (Lipinski definition) is 6. The lowest BCUT2D eigenvalue weighted by Crippen LogP contribution is -2.32. The van der Waals surface area contributed by atoms with Crippen LogP contribution in [0.3, 0.4) is 0 Å². The number of imide groups is 1. The lowest BCUT2D eigenvalue weighted by molar-refractivity contribution is -0.123. The van der Waals surface area contributed by atoms with E-state index in [-0.39, 0.29) is 30.9 Å². The van der Waals surface area contributed by atoms with Crippen molar-refractivity contribution in [2.45, 2.75) is 20.5 Å². The Bertz CT molecular complexity index is 1320. The van der Waals surface area contributed by atoms with Gasteiger partial charge in [-0.2, -0.15) is 0 Å². The van der Waals surface area contributed by atoms with Crippen LogP contribution in [0.15, 0.2) is 65.6 Å². The number of rotatable bonds is 9. The van der Waals surface area contributed by atoms with E-state index in [4.69, 9.17) is 25.8 Å². The van der Waals surface area contributed by atoms with Crippen LogP contribution in [-0.4, -0.2) is 36.3 Å². The number of hydrogen-bond donors (Lipinski definition) is 0. The second-order valence-corrected chi connectivity index (χ2v) is 9.68. The molecule has 4 rings (SSSR count). The van der Waals surface area contributed by atoms with Crippen LogP contribution in [-0.2, 0) is 11.4 Å². The van der Waals surface area contributed by atoms with E-state index in [1.54, 1.807) is 31.4 Å². The molecule has 0 unspecified atom stereocenters. The smallest absolute Gasteiger partial charge is 0.293 e. The Labute approximate surface area is 219 Å². The van der Waals surface area contributed by atoms with Crippen molar-refractivity contribution in [3.05, 3.63) is 92.8 Å². The number of ether oxygens (including phenoxy) is 3. The maximum Gasteiger partial charge on any atom is 0.293 e. The molecule has 0 radical (unpaired) electrons. The van der Waals surface area contributed by atoms with Crippen molar-refractivity contribution in [2.75, 3.05) is 20.3 Å². The van der Waals surface area contributed by atoms with Crippen molar-refractivity contribution in [3.8, 4) is 17.2 Å². The monoisotopic (exact) mass is 523 g/mol. The summed E-state index contributed by atoms with van der Waals surface area (Å²) in [4.78, 5) is 27.2. The number of methoxy groups -OCH3 is 1. The van der Waals surface area contributed by atoms with Gasteiger partial charge < -0.3 is 14.2 Å². The van der Waals surface area contributed by atoms with E-state index in [9.17, 15) is 9.59 Å². The predicted octanol–water partition coefficient (Wildman–Crippen LogP) is 6.66. The van der Waals surface area contributed by atoms with Crippen LogP contribution >= 0.6 is 23.4 Å². The molecule has 3 aromatic rings. The number of halogens is 1. The number of benzene rings is 3. The molecule has 186 valence electrons. The van der Waals surface area contributed by atoms with E-state index in [2.05, 4.69) is 0 Å². The first-order chi connectivity index (χ1) is 17.4. The lowest BCUT2D eigenvalue weighted by atomic mass is 10.1. The van der Waals surface area contributed by atoms with Gasteiger partial charge in [0.25, 0.3) is 11.1 Å². The Hall–Kier alpha value is -3.42. The minimum absolute atomic E-state index is 0.158. The van der Waals surface area contributed by atoms with Gasteiger partial charge in [0.2, 0.25) is 0 Å². The third kappa shape index (κ3) is 6.04. The molecule has 0 bridgehead atoms. The fourth-order valence-electron chi connectivity index (χ4n) is 3.69. The highest BCUT2D eigenvalue weighted by molar-refractivity contribution is 8.18. The Morgan fingerprint density at radius 1 is 0.972 bits per heavy atom. The van der Waals surface area contributed by atoms with E-state index in [0.717, 1.165) is 34.2 Å².